The van der Waals surface area contributed by atoms with E-state index in [4.69, 9.17) is 4.74 Å². The van der Waals surface area contributed by atoms with Gasteiger partial charge in [0.05, 0.1) is 11.0 Å². The van der Waals surface area contributed by atoms with Gasteiger partial charge in [0.25, 0.3) is 6.01 Å². The van der Waals surface area contributed by atoms with Crippen LogP contribution in [0.4, 0.5) is 4.79 Å². The van der Waals surface area contributed by atoms with Crippen LogP contribution in [0.15, 0.2) is 24.3 Å². The Hall–Kier alpha value is -2.28. The third-order valence-corrected chi connectivity index (χ3v) is 3.64. The van der Waals surface area contributed by atoms with E-state index in [2.05, 4.69) is 14.9 Å². The predicted molar refractivity (Wildman–Crippen MR) is 75.0 cm³/mol. The molecule has 0 saturated carbocycles. The molecule has 0 radical (unpaired) electrons. The molecule has 1 aromatic carbocycles. The summed E-state index contributed by atoms with van der Waals surface area (Å²) in [6.45, 7) is 3.66. The van der Waals surface area contributed by atoms with Crippen molar-refractivity contribution in [1.29, 1.82) is 0 Å². The van der Waals surface area contributed by atoms with Gasteiger partial charge in [-0.05, 0) is 12.1 Å². The fourth-order valence-corrected chi connectivity index (χ4v) is 2.42. The lowest BCUT2D eigenvalue weighted by atomic mass is 10.3. The molecule has 7 heteroatoms. The number of amides is 1. The fraction of sp³-hybridized carbons (Fsp3) is 0.429. The predicted octanol–water partition coefficient (Wildman–Crippen LogP) is -0.0974. The van der Waals surface area contributed by atoms with Gasteiger partial charge in [-0.1, -0.05) is 12.1 Å². The van der Waals surface area contributed by atoms with Crippen molar-refractivity contribution in [3.8, 4) is 6.01 Å². The molecule has 1 aromatic heterocycles. The number of hydrogen-bond donors (Lipinski definition) is 1. The van der Waals surface area contributed by atoms with Crippen LogP contribution in [-0.4, -0.2) is 65.2 Å². The lowest BCUT2D eigenvalue weighted by molar-refractivity contribution is -0.266. The Kier molecular flexibility index (Phi) is 3.92. The second-order valence-electron chi connectivity index (χ2n) is 5.00. The van der Waals surface area contributed by atoms with Crippen molar-refractivity contribution in [2.45, 2.75) is 0 Å². The SMILES string of the molecule is O=C([O-])N1CCN(CCOc2nc3ccccc3[nH]2)CC1. The van der Waals surface area contributed by atoms with Gasteiger partial charge in [-0.2, -0.15) is 4.98 Å². The first-order chi connectivity index (χ1) is 10.2. The number of carboxylic acid groups (broad SMARTS) is 1. The number of H-pyrrole nitrogens is 1. The van der Waals surface area contributed by atoms with Gasteiger partial charge >= 0.3 is 0 Å². The van der Waals surface area contributed by atoms with E-state index in [-0.39, 0.29) is 0 Å². The fourth-order valence-electron chi connectivity index (χ4n) is 2.42. The monoisotopic (exact) mass is 289 g/mol. The number of aromatic amines is 1. The summed E-state index contributed by atoms with van der Waals surface area (Å²) in [5.74, 6) is 0. The summed E-state index contributed by atoms with van der Waals surface area (Å²) in [5.41, 5.74) is 1.84. The molecule has 2 aromatic rings. The number of rotatable bonds is 4. The number of para-hydroxylation sites is 2. The number of nitrogens with zero attached hydrogens (tertiary/aromatic N) is 3. The highest BCUT2D eigenvalue weighted by atomic mass is 16.5. The maximum atomic E-state index is 10.7. The van der Waals surface area contributed by atoms with Crippen LogP contribution < -0.4 is 9.84 Å². The van der Waals surface area contributed by atoms with Crippen LogP contribution in [0.5, 0.6) is 6.01 Å². The molecule has 1 aliphatic rings. The van der Waals surface area contributed by atoms with Gasteiger partial charge in [0.1, 0.15) is 12.7 Å². The second-order valence-corrected chi connectivity index (χ2v) is 5.00. The Balaban J connectivity index is 1.45. The molecule has 1 aliphatic heterocycles. The van der Waals surface area contributed by atoms with Gasteiger partial charge in [-0.15, -0.1) is 0 Å². The van der Waals surface area contributed by atoms with Crippen molar-refractivity contribution in [2.75, 3.05) is 39.3 Å². The van der Waals surface area contributed by atoms with E-state index >= 15 is 0 Å². The Morgan fingerprint density at radius 2 is 2.05 bits per heavy atom. The molecular weight excluding hydrogens is 272 g/mol. The molecule has 0 aliphatic carbocycles. The zero-order valence-electron chi connectivity index (χ0n) is 11.6. The maximum absolute atomic E-state index is 10.7. The molecule has 0 spiro atoms. The molecule has 2 heterocycles. The van der Waals surface area contributed by atoms with Crippen LogP contribution in [0.25, 0.3) is 11.0 Å². The van der Waals surface area contributed by atoms with E-state index in [1.165, 1.54) is 4.90 Å². The van der Waals surface area contributed by atoms with Crippen LogP contribution in [-0.2, 0) is 0 Å². The molecule has 0 atom stereocenters. The number of imidazole rings is 1. The van der Waals surface area contributed by atoms with E-state index in [1.807, 2.05) is 24.3 Å². The average molecular weight is 289 g/mol. The molecule has 7 nitrogen and oxygen atoms in total. The summed E-state index contributed by atoms with van der Waals surface area (Å²) in [4.78, 5) is 21.7. The average Bonchev–Trinajstić information content (AvgIpc) is 2.90. The maximum Gasteiger partial charge on any atom is 0.294 e. The van der Waals surface area contributed by atoms with Gasteiger partial charge in [-0.3, -0.25) is 4.90 Å². The number of hydrogen-bond acceptors (Lipinski definition) is 5. The van der Waals surface area contributed by atoms with Crippen molar-refractivity contribution in [3.05, 3.63) is 24.3 Å². The van der Waals surface area contributed by atoms with Gasteiger partial charge in [-0.25, -0.2) is 0 Å². The number of nitrogens with one attached hydrogen (secondary N) is 1. The van der Waals surface area contributed by atoms with Crippen molar-refractivity contribution >= 4 is 17.1 Å². The largest absolute Gasteiger partial charge is 0.530 e. The molecule has 21 heavy (non-hydrogen) atoms. The first-order valence-electron chi connectivity index (χ1n) is 6.98. The van der Waals surface area contributed by atoms with Gasteiger partial charge in [0.2, 0.25) is 0 Å². The van der Waals surface area contributed by atoms with Gasteiger partial charge < -0.3 is 24.5 Å². The van der Waals surface area contributed by atoms with E-state index < -0.39 is 6.09 Å². The second kappa shape index (κ2) is 6.01. The minimum absolute atomic E-state index is 0.493. The number of fused-ring (bicyclic) bond motifs is 1. The van der Waals surface area contributed by atoms with E-state index in [0.29, 0.717) is 38.8 Å². The Morgan fingerprint density at radius 3 is 2.76 bits per heavy atom. The lowest BCUT2D eigenvalue weighted by Crippen LogP contribution is -2.53. The summed E-state index contributed by atoms with van der Waals surface area (Å²) < 4.78 is 5.62. The first-order valence-corrected chi connectivity index (χ1v) is 6.98. The molecule has 1 N–H and O–H groups in total. The molecule has 3 rings (SSSR count). The Bertz CT molecular complexity index is 586. The third kappa shape index (κ3) is 3.25. The third-order valence-electron chi connectivity index (χ3n) is 3.64. The molecule has 1 fully saturated rings. The van der Waals surface area contributed by atoms with Crippen molar-refractivity contribution in [3.63, 3.8) is 0 Å². The number of carbonyl (C=O) groups excluding carboxylic acids is 1. The number of benzene rings is 1. The standard InChI is InChI=1S/C14H18N4O3/c19-14(20)18-7-5-17(6-8-18)9-10-21-13-15-11-3-1-2-4-12(11)16-13/h1-4H,5-10H2,(H,15,16)(H,19,20)/p-1. The van der Waals surface area contributed by atoms with Crippen LogP contribution >= 0.6 is 0 Å². The molecule has 0 bridgehead atoms. The lowest BCUT2D eigenvalue weighted by Gasteiger charge is -2.35. The summed E-state index contributed by atoms with van der Waals surface area (Å²) in [6, 6.07) is 8.28. The van der Waals surface area contributed by atoms with Crippen LogP contribution in [0, 0.1) is 0 Å². The van der Waals surface area contributed by atoms with E-state index in [9.17, 15) is 9.90 Å². The quantitative estimate of drug-likeness (QED) is 0.850. The number of carbonyl (C=O) groups is 1. The molecule has 1 amide bonds. The highest BCUT2D eigenvalue weighted by Crippen LogP contribution is 2.14. The van der Waals surface area contributed by atoms with E-state index in [1.54, 1.807) is 0 Å². The minimum atomic E-state index is -1.09. The van der Waals surface area contributed by atoms with Gasteiger partial charge in [0, 0.05) is 32.7 Å². The zero-order valence-corrected chi connectivity index (χ0v) is 11.6. The van der Waals surface area contributed by atoms with Crippen LogP contribution in [0.2, 0.25) is 0 Å². The van der Waals surface area contributed by atoms with Crippen molar-refractivity contribution < 1.29 is 14.6 Å². The van der Waals surface area contributed by atoms with Gasteiger partial charge in [0.15, 0.2) is 0 Å². The highest BCUT2D eigenvalue weighted by Gasteiger charge is 2.16. The Morgan fingerprint density at radius 1 is 1.29 bits per heavy atom. The van der Waals surface area contributed by atoms with Crippen LogP contribution in [0.1, 0.15) is 0 Å². The molecular formula is C14H17N4O3-. The number of aromatic nitrogens is 2. The normalized spacial score (nSPS) is 16.3. The first kappa shape index (κ1) is 13.7. The number of ether oxygens (including phenoxy) is 1. The summed E-state index contributed by atoms with van der Waals surface area (Å²) in [6.07, 6.45) is -1.09. The zero-order chi connectivity index (χ0) is 14.7. The summed E-state index contributed by atoms with van der Waals surface area (Å²) in [7, 11) is 0. The summed E-state index contributed by atoms with van der Waals surface area (Å²) >= 11 is 0. The van der Waals surface area contributed by atoms with Crippen molar-refractivity contribution in [1.82, 2.24) is 19.8 Å². The minimum Gasteiger partial charge on any atom is -0.530 e. The van der Waals surface area contributed by atoms with Crippen molar-refractivity contribution in [2.24, 2.45) is 0 Å². The van der Waals surface area contributed by atoms with E-state index in [0.717, 1.165) is 17.6 Å². The summed E-state index contributed by atoms with van der Waals surface area (Å²) in [5, 5.41) is 10.7. The van der Waals surface area contributed by atoms with Crippen LogP contribution in [0.3, 0.4) is 0 Å². The topological polar surface area (TPSA) is 84.5 Å². The Labute approximate surface area is 122 Å². The highest BCUT2D eigenvalue weighted by molar-refractivity contribution is 5.75. The molecule has 1 saturated heterocycles. The number of piperazine rings is 1. The smallest absolute Gasteiger partial charge is 0.294 e. The molecule has 112 valence electrons. The molecule has 0 unspecified atom stereocenters.